The van der Waals surface area contributed by atoms with Crippen LogP contribution in [0.4, 0.5) is 4.39 Å². The molecule has 0 radical (unpaired) electrons. The number of aliphatic carboxylic acids is 1. The van der Waals surface area contributed by atoms with Gasteiger partial charge in [-0.15, -0.1) is 11.3 Å². The third kappa shape index (κ3) is 5.12. The summed E-state index contributed by atoms with van der Waals surface area (Å²) in [5.41, 5.74) is 0.974. The number of nitrogens with zero attached hydrogens (tertiary/aromatic N) is 3. The molecule has 2 aliphatic heterocycles. The fourth-order valence-electron chi connectivity index (χ4n) is 3.80. The van der Waals surface area contributed by atoms with Crippen LogP contribution in [0.3, 0.4) is 0 Å². The van der Waals surface area contributed by atoms with Crippen molar-refractivity contribution >= 4 is 40.7 Å². The molecule has 0 saturated carbocycles. The van der Waals surface area contributed by atoms with Gasteiger partial charge >= 0.3 is 11.9 Å². The molecule has 1 aromatic heterocycles. The molecule has 9 nitrogen and oxygen atoms in total. The minimum atomic E-state index is -1.03. The Morgan fingerprint density at radius 1 is 1.44 bits per heavy atom. The number of morpholine rings is 1. The number of rotatable bonds is 7. The molecular weight excluding hydrogens is 487 g/mol. The molecule has 2 unspecified atom stereocenters. The van der Waals surface area contributed by atoms with Gasteiger partial charge < -0.3 is 19.9 Å². The van der Waals surface area contributed by atoms with E-state index in [1.165, 1.54) is 23.5 Å². The van der Waals surface area contributed by atoms with Gasteiger partial charge in [-0.2, -0.15) is 0 Å². The number of hydrogen-bond donors (Lipinski definition) is 2. The zero-order valence-electron chi connectivity index (χ0n) is 18.2. The van der Waals surface area contributed by atoms with Gasteiger partial charge in [-0.25, -0.2) is 14.2 Å². The second kappa shape index (κ2) is 10.6. The molecule has 0 amide bonds. The van der Waals surface area contributed by atoms with Crippen LogP contribution >= 0.6 is 22.9 Å². The number of halogens is 2. The Kier molecular flexibility index (Phi) is 7.57. The lowest BCUT2D eigenvalue weighted by atomic mass is 9.95. The second-order valence-corrected chi connectivity index (χ2v) is 8.83. The minimum Gasteiger partial charge on any atom is -0.480 e. The first-order chi connectivity index (χ1) is 16.4. The van der Waals surface area contributed by atoms with E-state index in [4.69, 9.17) is 21.1 Å². The van der Waals surface area contributed by atoms with Crippen molar-refractivity contribution in [3.05, 3.63) is 62.5 Å². The number of aromatic nitrogens is 1. The summed E-state index contributed by atoms with van der Waals surface area (Å²) in [6, 6.07) is 2.42. The van der Waals surface area contributed by atoms with Gasteiger partial charge in [0, 0.05) is 30.4 Å². The molecule has 3 heterocycles. The normalized spacial score (nSPS) is 21.1. The Labute approximate surface area is 203 Å². The van der Waals surface area contributed by atoms with E-state index in [9.17, 15) is 19.1 Å². The van der Waals surface area contributed by atoms with Crippen molar-refractivity contribution in [2.45, 2.75) is 19.0 Å². The third-order valence-corrected chi connectivity index (χ3v) is 6.49. The van der Waals surface area contributed by atoms with Crippen LogP contribution in [0, 0.1) is 5.82 Å². The predicted octanol–water partition coefficient (Wildman–Crippen LogP) is 2.63. The number of carbonyl (C=O) groups excluding carboxylic acids is 1. The molecule has 180 valence electrons. The maximum absolute atomic E-state index is 14.4. The molecule has 1 fully saturated rings. The zero-order valence-corrected chi connectivity index (χ0v) is 19.7. The largest absolute Gasteiger partial charge is 0.480 e. The lowest BCUT2D eigenvalue weighted by molar-refractivity contribution is -0.149. The number of ether oxygens (including phenoxy) is 2. The van der Waals surface area contributed by atoms with Gasteiger partial charge in [0.15, 0.2) is 10.8 Å². The average Bonchev–Trinajstić information content (AvgIpc) is 3.36. The molecule has 0 aliphatic carbocycles. The fourth-order valence-corrected chi connectivity index (χ4v) is 4.51. The number of aliphatic imine (C=N–C) groups is 1. The van der Waals surface area contributed by atoms with Crippen LogP contribution in [0.25, 0.3) is 0 Å². The van der Waals surface area contributed by atoms with E-state index in [2.05, 4.69) is 15.3 Å². The average molecular weight is 509 g/mol. The Morgan fingerprint density at radius 2 is 2.26 bits per heavy atom. The summed E-state index contributed by atoms with van der Waals surface area (Å²) in [4.78, 5) is 35.6. The van der Waals surface area contributed by atoms with E-state index in [0.29, 0.717) is 35.3 Å². The van der Waals surface area contributed by atoms with Crippen molar-refractivity contribution in [2.24, 2.45) is 4.99 Å². The maximum atomic E-state index is 14.4. The molecule has 0 bridgehead atoms. The van der Waals surface area contributed by atoms with Gasteiger partial charge in [-0.1, -0.05) is 17.7 Å². The van der Waals surface area contributed by atoms with Crippen LogP contribution in [0.15, 0.2) is 46.0 Å². The van der Waals surface area contributed by atoms with Crippen LogP contribution in [-0.2, 0) is 19.1 Å². The van der Waals surface area contributed by atoms with Crippen molar-refractivity contribution in [2.75, 3.05) is 32.9 Å². The molecule has 2 atom stereocenters. The number of carboxylic acid groups (broad SMARTS) is 1. The highest BCUT2D eigenvalue weighted by Crippen LogP contribution is 2.34. The Morgan fingerprint density at radius 3 is 2.94 bits per heavy atom. The lowest BCUT2D eigenvalue weighted by Gasteiger charge is -2.35. The molecule has 34 heavy (non-hydrogen) atoms. The number of esters is 1. The standard InChI is InChI=1S/C22H22ClFN4O5S/c1-2-33-22(31)17-15(10-28-6-7-32-11-16(28)21(29)30)26-19(20-25-5-8-34-20)27-18(17)12-3-4-13(23)14(24)9-12/h3-5,8-9,16,18H,2,6-7,10-11H2,1H3,(H,26,27)(H,29,30). The Bertz CT molecular complexity index is 1140. The summed E-state index contributed by atoms with van der Waals surface area (Å²) in [7, 11) is 0. The predicted molar refractivity (Wildman–Crippen MR) is 123 cm³/mol. The van der Waals surface area contributed by atoms with Gasteiger partial charge in [-0.05, 0) is 24.6 Å². The molecule has 2 N–H and O–H groups in total. The second-order valence-electron chi connectivity index (χ2n) is 7.53. The van der Waals surface area contributed by atoms with Crippen molar-refractivity contribution < 1.29 is 28.6 Å². The van der Waals surface area contributed by atoms with Gasteiger partial charge in [-0.3, -0.25) is 14.7 Å². The summed E-state index contributed by atoms with van der Waals surface area (Å²) in [6.45, 7) is 2.61. The van der Waals surface area contributed by atoms with E-state index in [-0.39, 0.29) is 30.4 Å². The number of hydrogen-bond acceptors (Lipinski definition) is 9. The van der Waals surface area contributed by atoms with Crippen LogP contribution in [0.1, 0.15) is 23.5 Å². The summed E-state index contributed by atoms with van der Waals surface area (Å²) >= 11 is 7.21. The third-order valence-electron chi connectivity index (χ3n) is 5.40. The lowest BCUT2D eigenvalue weighted by Crippen LogP contribution is -2.52. The molecule has 1 saturated heterocycles. The molecule has 4 rings (SSSR count). The summed E-state index contributed by atoms with van der Waals surface area (Å²) in [5.74, 6) is -1.92. The van der Waals surface area contributed by atoms with E-state index >= 15 is 0 Å². The van der Waals surface area contributed by atoms with Gasteiger partial charge in [0.2, 0.25) is 0 Å². The highest BCUT2D eigenvalue weighted by molar-refractivity contribution is 7.11. The van der Waals surface area contributed by atoms with E-state index < -0.39 is 29.8 Å². The smallest absolute Gasteiger partial charge is 0.338 e. The summed E-state index contributed by atoms with van der Waals surface area (Å²) in [5, 5.41) is 15.1. The van der Waals surface area contributed by atoms with Crippen molar-refractivity contribution in [3.63, 3.8) is 0 Å². The van der Waals surface area contributed by atoms with Crippen LogP contribution in [0.2, 0.25) is 5.02 Å². The quantitative estimate of drug-likeness (QED) is 0.549. The number of carboxylic acids is 1. The maximum Gasteiger partial charge on any atom is 0.338 e. The van der Waals surface area contributed by atoms with E-state index in [0.717, 1.165) is 0 Å². The van der Waals surface area contributed by atoms with Crippen molar-refractivity contribution in [1.29, 1.82) is 0 Å². The molecule has 2 aromatic rings. The number of amidine groups is 1. The van der Waals surface area contributed by atoms with Crippen LogP contribution in [0.5, 0.6) is 0 Å². The number of thiazole rings is 1. The van der Waals surface area contributed by atoms with Gasteiger partial charge in [0.05, 0.1) is 30.4 Å². The Balaban J connectivity index is 1.82. The van der Waals surface area contributed by atoms with Crippen molar-refractivity contribution in [1.82, 2.24) is 15.2 Å². The van der Waals surface area contributed by atoms with E-state index in [1.54, 1.807) is 29.5 Å². The number of carbonyl (C=O) groups is 2. The molecular formula is C22H22ClFN4O5S. The number of nitrogens with one attached hydrogen (secondary N) is 1. The fraction of sp³-hybridized carbons (Fsp3) is 0.364. The van der Waals surface area contributed by atoms with Gasteiger partial charge in [0.25, 0.3) is 0 Å². The number of benzene rings is 1. The molecule has 12 heteroatoms. The first kappa shape index (κ1) is 24.3. The van der Waals surface area contributed by atoms with E-state index in [1.807, 2.05) is 0 Å². The molecule has 0 spiro atoms. The molecule has 1 aromatic carbocycles. The minimum absolute atomic E-state index is 0.0244. The molecule has 2 aliphatic rings. The SMILES string of the molecule is CCOC(=O)C1=C(CN2CCOCC2C(=O)O)NC(c2nccs2)=NC1c1ccc(Cl)c(F)c1. The highest BCUT2D eigenvalue weighted by atomic mass is 35.5. The zero-order chi connectivity index (χ0) is 24.2. The van der Waals surface area contributed by atoms with Crippen molar-refractivity contribution in [3.8, 4) is 0 Å². The first-order valence-electron chi connectivity index (χ1n) is 10.5. The monoisotopic (exact) mass is 508 g/mol. The van der Waals surface area contributed by atoms with Crippen LogP contribution < -0.4 is 5.32 Å². The van der Waals surface area contributed by atoms with Gasteiger partial charge in [0.1, 0.15) is 17.9 Å². The summed E-state index contributed by atoms with van der Waals surface area (Å²) in [6.07, 6.45) is 1.62. The summed E-state index contributed by atoms with van der Waals surface area (Å²) < 4.78 is 25.0. The topological polar surface area (TPSA) is 113 Å². The Hall–Kier alpha value is -2.86. The highest BCUT2D eigenvalue weighted by Gasteiger charge is 2.36. The van der Waals surface area contributed by atoms with Crippen LogP contribution in [-0.4, -0.2) is 71.7 Å². The first-order valence-corrected chi connectivity index (χ1v) is 11.8.